The van der Waals surface area contributed by atoms with Gasteiger partial charge in [0.15, 0.2) is 17.6 Å². The Balaban J connectivity index is 1.42. The van der Waals surface area contributed by atoms with Gasteiger partial charge in [-0.05, 0) is 18.4 Å². The molecule has 5 atom stereocenters. The Morgan fingerprint density at radius 2 is 1.18 bits per heavy atom. The van der Waals surface area contributed by atoms with Crippen LogP contribution in [0.2, 0.25) is 0 Å². The number of rotatable bonds is 38. The number of nitrogen functional groups attached to an aromatic ring is 1. The summed E-state index contributed by atoms with van der Waals surface area (Å²) in [6, 6.07) is -0.824. The number of phosphoric ester groups is 1. The van der Waals surface area contributed by atoms with Crippen LogP contribution >= 0.6 is 7.82 Å². The maximum Gasteiger partial charge on any atom is 0.472 e. The lowest BCUT2D eigenvalue weighted by atomic mass is 10.0. The van der Waals surface area contributed by atoms with Crippen LogP contribution in [0.15, 0.2) is 24.3 Å². The number of nitrogens with zero attached hydrogens (tertiary/aromatic N) is 4. The molecule has 2 heterocycles. The van der Waals surface area contributed by atoms with Gasteiger partial charge in [0.1, 0.15) is 30.7 Å². The number of hydrogen-bond acceptors (Lipinski definition) is 13. The molecule has 3 rings (SSSR count). The van der Waals surface area contributed by atoms with Crippen LogP contribution in [0.5, 0.6) is 0 Å². The van der Waals surface area contributed by atoms with Crippen molar-refractivity contribution in [1.82, 2.24) is 19.5 Å². The molecule has 0 fully saturated rings. The lowest BCUT2D eigenvalue weighted by molar-refractivity contribution is -0.161. The quantitative estimate of drug-likeness (QED) is 0.0213. The third-order valence-corrected chi connectivity index (χ3v) is 12.6. The Labute approximate surface area is 371 Å². The number of phosphoric acid groups is 1. The predicted molar refractivity (Wildman–Crippen MR) is 242 cm³/mol. The molecule has 354 valence electrons. The number of aromatic nitrogens is 4. The number of aliphatic hydroxyl groups is 2. The molecular weight excluding hydrogens is 814 g/mol. The molecule has 1 aliphatic carbocycles. The summed E-state index contributed by atoms with van der Waals surface area (Å²) in [5.41, 5.74) is 6.68. The van der Waals surface area contributed by atoms with E-state index in [4.69, 9.17) is 24.3 Å². The van der Waals surface area contributed by atoms with Crippen LogP contribution in [-0.4, -0.2) is 84.7 Å². The third kappa shape index (κ3) is 21.6. The molecule has 0 saturated carbocycles. The van der Waals surface area contributed by atoms with E-state index in [-0.39, 0.29) is 30.8 Å². The SMILES string of the molecule is CCCCCCCCCCCCCCCC(=O)OC[C@@H](COP(=O)(O)OCC1=C[C@@H](n2cnc3c(N)ncnc32)[C@H](O)[C@@H]1O)OC(=O)CCCCCCCCCCCCCCC. The summed E-state index contributed by atoms with van der Waals surface area (Å²) in [5, 5.41) is 21.6. The van der Waals surface area contributed by atoms with E-state index in [2.05, 4.69) is 28.8 Å². The van der Waals surface area contributed by atoms with Crippen molar-refractivity contribution in [2.24, 2.45) is 0 Å². The molecule has 0 spiro atoms. The number of esters is 2. The minimum atomic E-state index is -4.78. The molecule has 62 heavy (non-hydrogen) atoms. The van der Waals surface area contributed by atoms with Crippen LogP contribution in [0.4, 0.5) is 5.82 Å². The van der Waals surface area contributed by atoms with Crippen molar-refractivity contribution in [1.29, 1.82) is 0 Å². The molecule has 0 bridgehead atoms. The van der Waals surface area contributed by atoms with Crippen LogP contribution in [0.25, 0.3) is 11.2 Å². The minimum Gasteiger partial charge on any atom is -0.462 e. The maximum atomic E-state index is 13.0. The normalized spacial score (nSPS) is 17.9. The van der Waals surface area contributed by atoms with Gasteiger partial charge in [-0.2, -0.15) is 0 Å². The first-order valence-electron chi connectivity index (χ1n) is 24.0. The van der Waals surface area contributed by atoms with Gasteiger partial charge >= 0.3 is 19.8 Å². The first-order valence-corrected chi connectivity index (χ1v) is 25.5. The van der Waals surface area contributed by atoms with Crippen molar-refractivity contribution < 1.29 is 47.8 Å². The molecule has 5 N–H and O–H groups in total. The summed E-state index contributed by atoms with van der Waals surface area (Å²) in [4.78, 5) is 48.4. The highest BCUT2D eigenvalue weighted by Crippen LogP contribution is 2.45. The summed E-state index contributed by atoms with van der Waals surface area (Å²) in [5.74, 6) is -0.800. The van der Waals surface area contributed by atoms with Crippen molar-refractivity contribution in [2.45, 2.75) is 218 Å². The summed E-state index contributed by atoms with van der Waals surface area (Å²) in [6.45, 7) is 3.01. The van der Waals surface area contributed by atoms with E-state index in [1.165, 1.54) is 139 Å². The van der Waals surface area contributed by atoms with Gasteiger partial charge in [0.05, 0.1) is 25.6 Å². The topological polar surface area (TPSA) is 218 Å². The molecule has 16 heteroatoms. The van der Waals surface area contributed by atoms with Crippen molar-refractivity contribution in [2.75, 3.05) is 25.6 Å². The summed E-state index contributed by atoms with van der Waals surface area (Å²) in [6.07, 6.45) is 31.4. The van der Waals surface area contributed by atoms with Crippen LogP contribution in [0.1, 0.15) is 200 Å². The van der Waals surface area contributed by atoms with Gasteiger partial charge in [0.2, 0.25) is 0 Å². The standard InChI is InChI=1S/C46H80N5O10P/c1-3-5-7-9-11-13-15-17-19-21-23-25-27-29-40(52)58-33-38(61-41(53)30-28-26-24-22-20-18-16-14-12-10-8-6-4-2)34-60-62(56,57)59-32-37-31-39(44(55)43(37)54)51-36-50-42-45(47)48-35-49-46(42)51/h31,35-36,38-39,43-44,54-55H,3-30,32-34H2,1-2H3,(H,56,57)(H2,47,48,49)/t38-,39+,43+,44-/m0/s1. The fourth-order valence-electron chi connectivity index (χ4n) is 7.85. The number of carbonyl (C=O) groups is 2. The van der Waals surface area contributed by atoms with E-state index in [0.29, 0.717) is 24.0 Å². The van der Waals surface area contributed by atoms with Gasteiger partial charge in [-0.25, -0.2) is 19.5 Å². The van der Waals surface area contributed by atoms with E-state index in [0.717, 1.165) is 38.5 Å². The summed E-state index contributed by atoms with van der Waals surface area (Å²) >= 11 is 0. The Morgan fingerprint density at radius 3 is 1.69 bits per heavy atom. The van der Waals surface area contributed by atoms with Gasteiger partial charge in [-0.1, -0.05) is 174 Å². The number of ether oxygens (including phenoxy) is 2. The zero-order valence-electron chi connectivity index (χ0n) is 38.0. The number of nitrogens with two attached hydrogens (primary N) is 1. The number of fused-ring (bicyclic) bond motifs is 1. The number of carbonyl (C=O) groups excluding carboxylic acids is 2. The molecule has 2 aromatic rings. The van der Waals surface area contributed by atoms with E-state index >= 15 is 0 Å². The molecule has 1 aliphatic rings. The average molecular weight is 894 g/mol. The first kappa shape index (κ1) is 53.4. The van der Waals surface area contributed by atoms with Crippen molar-refractivity contribution in [3.05, 3.63) is 24.3 Å². The van der Waals surface area contributed by atoms with Gasteiger partial charge in [0, 0.05) is 12.8 Å². The summed E-state index contributed by atoms with van der Waals surface area (Å²) in [7, 11) is -4.78. The number of unbranched alkanes of at least 4 members (excludes halogenated alkanes) is 24. The smallest absolute Gasteiger partial charge is 0.462 e. The third-order valence-electron chi connectivity index (χ3n) is 11.7. The molecule has 0 aromatic carbocycles. The molecule has 0 saturated heterocycles. The van der Waals surface area contributed by atoms with Gasteiger partial charge in [0.25, 0.3) is 0 Å². The Bertz CT molecular complexity index is 1610. The Morgan fingerprint density at radius 1 is 0.694 bits per heavy atom. The first-order chi connectivity index (χ1) is 30.1. The molecule has 2 aromatic heterocycles. The number of anilines is 1. The van der Waals surface area contributed by atoms with Crippen LogP contribution in [0, 0.1) is 0 Å². The highest BCUT2D eigenvalue weighted by atomic mass is 31.2. The highest BCUT2D eigenvalue weighted by molar-refractivity contribution is 7.47. The molecule has 0 amide bonds. The zero-order chi connectivity index (χ0) is 44.8. The number of hydrogen-bond donors (Lipinski definition) is 4. The fraction of sp³-hybridized carbons (Fsp3) is 0.804. The van der Waals surface area contributed by atoms with Crippen LogP contribution in [0.3, 0.4) is 0 Å². The lowest BCUT2D eigenvalue weighted by Crippen LogP contribution is -2.30. The Hall–Kier alpha value is -2.94. The molecular formula is C46H80N5O10P. The summed E-state index contributed by atoms with van der Waals surface area (Å²) < 4.78 is 36.0. The second-order valence-electron chi connectivity index (χ2n) is 17.1. The van der Waals surface area contributed by atoms with E-state index in [9.17, 15) is 29.3 Å². The predicted octanol–water partition coefficient (Wildman–Crippen LogP) is 10.2. The Kier molecular flexibility index (Phi) is 27.4. The van der Waals surface area contributed by atoms with Crippen LogP contribution < -0.4 is 5.73 Å². The number of aliphatic hydroxyl groups excluding tert-OH is 2. The molecule has 0 radical (unpaired) electrons. The van der Waals surface area contributed by atoms with Crippen molar-refractivity contribution >= 4 is 36.7 Å². The van der Waals surface area contributed by atoms with E-state index in [1.54, 1.807) is 0 Å². The average Bonchev–Trinajstić information content (AvgIpc) is 3.81. The van der Waals surface area contributed by atoms with Gasteiger partial charge < -0.3 is 34.9 Å². The molecule has 0 aliphatic heterocycles. The molecule has 1 unspecified atom stereocenters. The van der Waals surface area contributed by atoms with E-state index in [1.807, 2.05) is 0 Å². The second-order valence-corrected chi connectivity index (χ2v) is 18.5. The van der Waals surface area contributed by atoms with Crippen molar-refractivity contribution in [3.8, 4) is 0 Å². The van der Waals surface area contributed by atoms with E-state index < -0.39 is 57.3 Å². The molecule has 15 nitrogen and oxygen atoms in total. The minimum absolute atomic E-state index is 0.132. The lowest BCUT2D eigenvalue weighted by Gasteiger charge is -2.21. The van der Waals surface area contributed by atoms with Crippen molar-refractivity contribution in [3.63, 3.8) is 0 Å². The van der Waals surface area contributed by atoms with Gasteiger partial charge in [-0.3, -0.25) is 18.6 Å². The maximum absolute atomic E-state index is 13.0. The largest absolute Gasteiger partial charge is 0.472 e. The monoisotopic (exact) mass is 894 g/mol. The highest BCUT2D eigenvalue weighted by Gasteiger charge is 2.38. The fourth-order valence-corrected chi connectivity index (χ4v) is 8.59. The van der Waals surface area contributed by atoms with Crippen LogP contribution in [-0.2, 0) is 32.7 Å². The zero-order valence-corrected chi connectivity index (χ0v) is 38.9. The number of imidazole rings is 1. The second kappa shape index (κ2) is 31.8. The van der Waals surface area contributed by atoms with Gasteiger partial charge in [-0.15, -0.1) is 0 Å².